The summed E-state index contributed by atoms with van der Waals surface area (Å²) in [5, 5.41) is 12.6. The van der Waals surface area contributed by atoms with Gasteiger partial charge in [0, 0.05) is 31.9 Å². The van der Waals surface area contributed by atoms with E-state index in [0.717, 1.165) is 0 Å². The molecule has 1 saturated heterocycles. The van der Waals surface area contributed by atoms with Crippen molar-refractivity contribution in [2.45, 2.75) is 38.8 Å². The van der Waals surface area contributed by atoms with Gasteiger partial charge in [0.05, 0.1) is 23.4 Å². The fourth-order valence-electron chi connectivity index (χ4n) is 2.75. The predicted molar refractivity (Wildman–Crippen MR) is 86.6 cm³/mol. The number of amides is 2. The minimum absolute atomic E-state index is 0.0152. The first kappa shape index (κ1) is 17.2. The van der Waals surface area contributed by atoms with Crippen LogP contribution in [0.3, 0.4) is 0 Å². The maximum atomic E-state index is 12.2. The fourth-order valence-corrected chi connectivity index (χ4v) is 2.75. The first-order valence-electron chi connectivity index (χ1n) is 7.83. The van der Waals surface area contributed by atoms with Crippen LogP contribution in [0.5, 0.6) is 0 Å². The minimum atomic E-state index is -0.540. The van der Waals surface area contributed by atoms with Crippen molar-refractivity contribution < 1.29 is 14.7 Å². The van der Waals surface area contributed by atoms with E-state index in [0.29, 0.717) is 37.2 Å². The zero-order valence-corrected chi connectivity index (χ0v) is 13.5. The van der Waals surface area contributed by atoms with Gasteiger partial charge in [-0.25, -0.2) is 0 Å². The molecule has 0 aromatic carbocycles. The van der Waals surface area contributed by atoms with Gasteiger partial charge in [-0.05, 0) is 18.4 Å². The lowest BCUT2D eigenvalue weighted by atomic mass is 10.1. The number of carbonyl (C=O) groups is 2. The van der Waals surface area contributed by atoms with Gasteiger partial charge < -0.3 is 21.1 Å². The molecule has 1 aliphatic rings. The van der Waals surface area contributed by atoms with Crippen LogP contribution in [0, 0.1) is 5.92 Å². The summed E-state index contributed by atoms with van der Waals surface area (Å²) < 4.78 is 0. The Morgan fingerprint density at radius 3 is 2.87 bits per heavy atom. The van der Waals surface area contributed by atoms with Crippen molar-refractivity contribution in [2.75, 3.05) is 18.8 Å². The van der Waals surface area contributed by atoms with Crippen LogP contribution in [0.2, 0.25) is 0 Å². The molecule has 126 valence electrons. The second-order valence-corrected chi connectivity index (χ2v) is 6.40. The monoisotopic (exact) mass is 320 g/mol. The molecule has 2 rings (SSSR count). The zero-order valence-electron chi connectivity index (χ0n) is 13.5. The Labute approximate surface area is 135 Å². The topological polar surface area (TPSA) is 109 Å². The van der Waals surface area contributed by atoms with E-state index in [1.54, 1.807) is 11.0 Å². The van der Waals surface area contributed by atoms with E-state index < -0.39 is 6.10 Å². The van der Waals surface area contributed by atoms with E-state index in [2.05, 4.69) is 10.3 Å². The third-order valence-electron chi connectivity index (χ3n) is 3.82. The summed E-state index contributed by atoms with van der Waals surface area (Å²) in [6.45, 7) is 4.59. The number of aliphatic hydroxyl groups excluding tert-OH is 1. The highest BCUT2D eigenvalue weighted by Gasteiger charge is 2.34. The Morgan fingerprint density at radius 1 is 1.48 bits per heavy atom. The first-order chi connectivity index (χ1) is 10.9. The molecule has 0 radical (unpaired) electrons. The van der Waals surface area contributed by atoms with E-state index in [1.165, 1.54) is 12.4 Å². The fraction of sp³-hybridized carbons (Fsp3) is 0.562. The van der Waals surface area contributed by atoms with E-state index in [-0.39, 0.29) is 23.8 Å². The normalized spacial score (nSPS) is 20.8. The molecule has 0 unspecified atom stereocenters. The maximum absolute atomic E-state index is 12.2. The molecule has 0 spiro atoms. The van der Waals surface area contributed by atoms with Crippen LogP contribution < -0.4 is 11.1 Å². The van der Waals surface area contributed by atoms with Crippen molar-refractivity contribution >= 4 is 17.5 Å². The quantitative estimate of drug-likeness (QED) is 0.728. The molecule has 2 heterocycles. The lowest BCUT2D eigenvalue weighted by Gasteiger charge is -2.25. The Bertz CT molecular complexity index is 576. The number of nitrogen functional groups attached to an aromatic ring is 1. The van der Waals surface area contributed by atoms with Gasteiger partial charge in [0.2, 0.25) is 5.91 Å². The summed E-state index contributed by atoms with van der Waals surface area (Å²) in [5.74, 6) is -0.0160. The highest BCUT2D eigenvalue weighted by molar-refractivity contribution is 5.94. The van der Waals surface area contributed by atoms with E-state index in [9.17, 15) is 14.7 Å². The summed E-state index contributed by atoms with van der Waals surface area (Å²) >= 11 is 0. The highest BCUT2D eigenvalue weighted by Crippen LogP contribution is 2.20. The number of rotatable bonds is 5. The van der Waals surface area contributed by atoms with Gasteiger partial charge in [-0.3, -0.25) is 14.6 Å². The van der Waals surface area contributed by atoms with E-state index in [1.807, 2.05) is 13.8 Å². The molecule has 0 bridgehead atoms. The lowest BCUT2D eigenvalue weighted by Crippen LogP contribution is -2.43. The number of nitrogens with one attached hydrogen (secondary N) is 1. The standard InChI is InChI=1S/C16H24N4O3/c1-10(2)3-15(22)20-9-14(21)5-13(20)8-19-16(23)11-4-12(17)7-18-6-11/h4,6-7,10,13-14,21H,3,5,8-9,17H2,1-2H3,(H,19,23)/t13-,14+/m0/s1. The number of hydrogen-bond acceptors (Lipinski definition) is 5. The van der Waals surface area contributed by atoms with Crippen LogP contribution in [0.1, 0.15) is 37.0 Å². The summed E-state index contributed by atoms with van der Waals surface area (Å²) in [7, 11) is 0. The maximum Gasteiger partial charge on any atom is 0.252 e. The average molecular weight is 320 g/mol. The lowest BCUT2D eigenvalue weighted by molar-refractivity contribution is -0.133. The molecular weight excluding hydrogens is 296 g/mol. The number of β-amino-alcohol motifs (C(OH)–C–C–N with tert-alkyl or cyclic N) is 1. The molecule has 7 nitrogen and oxygen atoms in total. The molecule has 23 heavy (non-hydrogen) atoms. The van der Waals surface area contributed by atoms with Gasteiger partial charge in [0.25, 0.3) is 5.91 Å². The number of pyridine rings is 1. The van der Waals surface area contributed by atoms with Crippen LogP contribution in [0.4, 0.5) is 5.69 Å². The molecule has 1 fully saturated rings. The highest BCUT2D eigenvalue weighted by atomic mass is 16.3. The van der Waals surface area contributed by atoms with Crippen molar-refractivity contribution in [1.82, 2.24) is 15.2 Å². The zero-order chi connectivity index (χ0) is 17.0. The largest absolute Gasteiger partial charge is 0.397 e. The first-order valence-corrected chi connectivity index (χ1v) is 7.83. The van der Waals surface area contributed by atoms with Crippen LogP contribution in [0.15, 0.2) is 18.5 Å². The summed E-state index contributed by atoms with van der Waals surface area (Å²) in [4.78, 5) is 29.9. The number of hydrogen-bond donors (Lipinski definition) is 3. The average Bonchev–Trinajstić information content (AvgIpc) is 2.85. The number of nitrogens with two attached hydrogens (primary N) is 1. The second-order valence-electron chi connectivity index (χ2n) is 6.40. The molecule has 0 aliphatic carbocycles. The van der Waals surface area contributed by atoms with E-state index in [4.69, 9.17) is 5.73 Å². The molecule has 2 amide bonds. The molecule has 4 N–H and O–H groups in total. The van der Waals surface area contributed by atoms with Crippen molar-refractivity contribution in [3.8, 4) is 0 Å². The summed E-state index contributed by atoms with van der Waals surface area (Å²) in [6.07, 6.45) is 3.28. The minimum Gasteiger partial charge on any atom is -0.397 e. The smallest absolute Gasteiger partial charge is 0.252 e. The van der Waals surface area contributed by atoms with Gasteiger partial charge in [-0.1, -0.05) is 13.8 Å². The molecular formula is C16H24N4O3. The Balaban J connectivity index is 1.95. The van der Waals surface area contributed by atoms with Crippen LogP contribution in [-0.4, -0.2) is 52.0 Å². The van der Waals surface area contributed by atoms with Crippen molar-refractivity contribution in [3.05, 3.63) is 24.0 Å². The Morgan fingerprint density at radius 2 is 2.22 bits per heavy atom. The number of nitrogens with zero attached hydrogens (tertiary/aromatic N) is 2. The molecule has 7 heteroatoms. The van der Waals surface area contributed by atoms with Crippen LogP contribution in [0.25, 0.3) is 0 Å². The van der Waals surface area contributed by atoms with Crippen LogP contribution >= 0.6 is 0 Å². The van der Waals surface area contributed by atoms with Gasteiger partial charge >= 0.3 is 0 Å². The van der Waals surface area contributed by atoms with Crippen molar-refractivity contribution in [1.29, 1.82) is 0 Å². The number of likely N-dealkylation sites (tertiary alicyclic amines) is 1. The number of aliphatic hydroxyl groups is 1. The molecule has 2 atom stereocenters. The molecule has 1 aliphatic heterocycles. The molecule has 0 saturated carbocycles. The predicted octanol–water partition coefficient (Wildman–Crippen LogP) is 0.402. The van der Waals surface area contributed by atoms with Gasteiger partial charge in [-0.2, -0.15) is 0 Å². The SMILES string of the molecule is CC(C)CC(=O)N1C[C@H](O)C[C@H]1CNC(=O)c1cncc(N)c1. The van der Waals surface area contributed by atoms with Gasteiger partial charge in [0.1, 0.15) is 0 Å². The third kappa shape index (κ3) is 4.66. The van der Waals surface area contributed by atoms with Crippen LogP contribution in [-0.2, 0) is 4.79 Å². The Hall–Kier alpha value is -2.15. The molecule has 1 aromatic heterocycles. The Kier molecular flexibility index (Phi) is 5.54. The third-order valence-corrected chi connectivity index (χ3v) is 3.82. The van der Waals surface area contributed by atoms with E-state index >= 15 is 0 Å². The summed E-state index contributed by atoms with van der Waals surface area (Å²) in [5.41, 5.74) is 6.41. The van der Waals surface area contributed by atoms with Crippen molar-refractivity contribution in [2.24, 2.45) is 5.92 Å². The van der Waals surface area contributed by atoms with Gasteiger partial charge in [0.15, 0.2) is 0 Å². The van der Waals surface area contributed by atoms with Crippen molar-refractivity contribution in [3.63, 3.8) is 0 Å². The summed E-state index contributed by atoms with van der Waals surface area (Å²) in [6, 6.07) is 1.36. The number of carbonyl (C=O) groups excluding carboxylic acids is 2. The second kappa shape index (κ2) is 7.41. The molecule has 1 aromatic rings. The number of aromatic nitrogens is 1. The number of anilines is 1. The van der Waals surface area contributed by atoms with Gasteiger partial charge in [-0.15, -0.1) is 0 Å².